The van der Waals surface area contributed by atoms with E-state index in [1.54, 1.807) is 0 Å². The van der Waals surface area contributed by atoms with E-state index in [0.29, 0.717) is 5.69 Å². The van der Waals surface area contributed by atoms with Crippen molar-refractivity contribution in [3.05, 3.63) is 42.1 Å². The average molecular weight is 227 g/mol. The maximum absolute atomic E-state index is 12.2. The summed E-state index contributed by atoms with van der Waals surface area (Å²) in [4.78, 5) is 16.6. The lowest BCUT2D eigenvalue weighted by Crippen LogP contribution is -2.14. The second-order valence-electron chi connectivity index (χ2n) is 4.27. The standard InChI is InChI=1S/C15H17NO/c1-3-11(4-2)15(17)14-10-9-12-7-5-6-8-13(12)16-14/h5-11H,3-4H2,1-2H3. The smallest absolute Gasteiger partial charge is 0.184 e. The number of nitrogens with zero attached hydrogens (tertiary/aromatic N) is 1. The Labute approximate surface area is 102 Å². The Hall–Kier alpha value is -1.70. The highest BCUT2D eigenvalue weighted by Crippen LogP contribution is 2.17. The van der Waals surface area contributed by atoms with Crippen LogP contribution in [-0.2, 0) is 0 Å². The highest BCUT2D eigenvalue weighted by molar-refractivity contribution is 5.98. The van der Waals surface area contributed by atoms with Gasteiger partial charge in [0.1, 0.15) is 5.69 Å². The maximum atomic E-state index is 12.2. The number of fused-ring (bicyclic) bond motifs is 1. The van der Waals surface area contributed by atoms with E-state index in [0.717, 1.165) is 23.7 Å². The molecule has 0 saturated carbocycles. The molecular formula is C15H17NO. The topological polar surface area (TPSA) is 30.0 Å². The first-order valence-electron chi connectivity index (χ1n) is 6.16. The summed E-state index contributed by atoms with van der Waals surface area (Å²) in [7, 11) is 0. The summed E-state index contributed by atoms with van der Waals surface area (Å²) in [5.74, 6) is 0.268. The van der Waals surface area contributed by atoms with Crippen molar-refractivity contribution in [1.29, 1.82) is 0 Å². The normalized spacial score (nSPS) is 11.0. The number of hydrogen-bond donors (Lipinski definition) is 0. The largest absolute Gasteiger partial charge is 0.292 e. The highest BCUT2D eigenvalue weighted by atomic mass is 16.1. The lowest BCUT2D eigenvalue weighted by Gasteiger charge is -2.10. The summed E-state index contributed by atoms with van der Waals surface area (Å²) >= 11 is 0. The van der Waals surface area contributed by atoms with Gasteiger partial charge >= 0.3 is 0 Å². The molecule has 0 spiro atoms. The zero-order valence-electron chi connectivity index (χ0n) is 10.3. The predicted molar refractivity (Wildman–Crippen MR) is 70.1 cm³/mol. The monoisotopic (exact) mass is 227 g/mol. The van der Waals surface area contributed by atoms with E-state index in [2.05, 4.69) is 4.98 Å². The molecule has 0 N–H and O–H groups in total. The van der Waals surface area contributed by atoms with Crippen LogP contribution in [0.25, 0.3) is 10.9 Å². The molecule has 1 aromatic carbocycles. The van der Waals surface area contributed by atoms with Gasteiger partial charge in [0.25, 0.3) is 0 Å². The second-order valence-corrected chi connectivity index (χ2v) is 4.27. The van der Waals surface area contributed by atoms with Crippen LogP contribution in [-0.4, -0.2) is 10.8 Å². The van der Waals surface area contributed by atoms with Gasteiger partial charge < -0.3 is 0 Å². The molecule has 2 nitrogen and oxygen atoms in total. The van der Waals surface area contributed by atoms with Crippen LogP contribution in [0.5, 0.6) is 0 Å². The van der Waals surface area contributed by atoms with Crippen molar-refractivity contribution in [2.45, 2.75) is 26.7 Å². The fraction of sp³-hybridized carbons (Fsp3) is 0.333. The number of aromatic nitrogens is 1. The molecule has 1 heterocycles. The third-order valence-corrected chi connectivity index (χ3v) is 3.21. The molecule has 0 bridgehead atoms. The molecule has 88 valence electrons. The fourth-order valence-corrected chi connectivity index (χ4v) is 2.07. The van der Waals surface area contributed by atoms with Gasteiger partial charge in [0, 0.05) is 11.3 Å². The minimum Gasteiger partial charge on any atom is -0.292 e. The number of ketones is 1. The molecule has 1 aromatic heterocycles. The molecule has 0 fully saturated rings. The summed E-state index contributed by atoms with van der Waals surface area (Å²) in [5, 5.41) is 1.08. The summed E-state index contributed by atoms with van der Waals surface area (Å²) in [6.45, 7) is 4.10. The van der Waals surface area contributed by atoms with Gasteiger partial charge in [-0.15, -0.1) is 0 Å². The van der Waals surface area contributed by atoms with Gasteiger partial charge in [-0.1, -0.05) is 38.1 Å². The van der Waals surface area contributed by atoms with Crippen LogP contribution in [0, 0.1) is 5.92 Å². The molecule has 0 unspecified atom stereocenters. The van der Waals surface area contributed by atoms with Crippen LogP contribution in [0.4, 0.5) is 0 Å². The van der Waals surface area contributed by atoms with E-state index in [-0.39, 0.29) is 11.7 Å². The summed E-state index contributed by atoms with van der Waals surface area (Å²) in [5.41, 5.74) is 1.49. The van der Waals surface area contributed by atoms with Crippen LogP contribution >= 0.6 is 0 Å². The highest BCUT2D eigenvalue weighted by Gasteiger charge is 2.17. The zero-order valence-corrected chi connectivity index (χ0v) is 10.3. The number of pyridine rings is 1. The first-order chi connectivity index (χ1) is 8.26. The summed E-state index contributed by atoms with van der Waals surface area (Å²) in [6, 6.07) is 11.7. The van der Waals surface area contributed by atoms with E-state index in [1.165, 1.54) is 0 Å². The van der Waals surface area contributed by atoms with Gasteiger partial charge in [0.05, 0.1) is 5.52 Å². The number of hydrogen-bond acceptors (Lipinski definition) is 2. The Kier molecular flexibility index (Phi) is 3.52. The Bertz CT molecular complexity index is 529. The van der Waals surface area contributed by atoms with Crippen LogP contribution in [0.15, 0.2) is 36.4 Å². The van der Waals surface area contributed by atoms with Gasteiger partial charge in [-0.2, -0.15) is 0 Å². The molecular weight excluding hydrogens is 210 g/mol. The molecule has 2 aromatic rings. The predicted octanol–water partition coefficient (Wildman–Crippen LogP) is 3.85. The van der Waals surface area contributed by atoms with Crippen molar-refractivity contribution in [2.75, 3.05) is 0 Å². The maximum Gasteiger partial charge on any atom is 0.184 e. The lowest BCUT2D eigenvalue weighted by molar-refractivity contribution is 0.0908. The van der Waals surface area contributed by atoms with E-state index in [1.807, 2.05) is 50.2 Å². The molecule has 2 heteroatoms. The lowest BCUT2D eigenvalue weighted by atomic mass is 9.95. The molecule has 0 atom stereocenters. The van der Waals surface area contributed by atoms with E-state index in [9.17, 15) is 4.79 Å². The molecule has 17 heavy (non-hydrogen) atoms. The SMILES string of the molecule is CCC(CC)C(=O)c1ccc2ccccc2n1. The number of para-hydroxylation sites is 1. The van der Waals surface area contributed by atoms with E-state index in [4.69, 9.17) is 0 Å². The van der Waals surface area contributed by atoms with E-state index >= 15 is 0 Å². The van der Waals surface area contributed by atoms with Gasteiger partial charge in [-0.05, 0) is 25.0 Å². The first-order valence-corrected chi connectivity index (χ1v) is 6.16. The Morgan fingerprint density at radius 1 is 1.12 bits per heavy atom. The Morgan fingerprint density at radius 2 is 1.82 bits per heavy atom. The van der Waals surface area contributed by atoms with Crippen LogP contribution in [0.3, 0.4) is 0 Å². The number of benzene rings is 1. The molecule has 0 saturated heterocycles. The quantitative estimate of drug-likeness (QED) is 0.742. The third-order valence-electron chi connectivity index (χ3n) is 3.21. The fourth-order valence-electron chi connectivity index (χ4n) is 2.07. The molecule has 0 radical (unpaired) electrons. The Balaban J connectivity index is 2.39. The number of carbonyl (C=O) groups excluding carboxylic acids is 1. The van der Waals surface area contributed by atoms with Gasteiger partial charge in [0.15, 0.2) is 5.78 Å². The summed E-state index contributed by atoms with van der Waals surface area (Å²) in [6.07, 6.45) is 1.76. The Morgan fingerprint density at radius 3 is 2.53 bits per heavy atom. The second kappa shape index (κ2) is 5.09. The van der Waals surface area contributed by atoms with Crippen molar-refractivity contribution in [1.82, 2.24) is 4.98 Å². The van der Waals surface area contributed by atoms with Crippen LogP contribution < -0.4 is 0 Å². The van der Waals surface area contributed by atoms with Crippen molar-refractivity contribution in [3.8, 4) is 0 Å². The van der Waals surface area contributed by atoms with Crippen molar-refractivity contribution >= 4 is 16.7 Å². The van der Waals surface area contributed by atoms with Gasteiger partial charge in [-0.3, -0.25) is 4.79 Å². The van der Waals surface area contributed by atoms with Crippen molar-refractivity contribution in [3.63, 3.8) is 0 Å². The zero-order chi connectivity index (χ0) is 12.3. The van der Waals surface area contributed by atoms with Crippen molar-refractivity contribution in [2.24, 2.45) is 5.92 Å². The molecule has 0 aliphatic heterocycles. The molecule has 2 rings (SSSR count). The minimum atomic E-state index is 0.101. The molecule has 0 aliphatic carbocycles. The van der Waals surface area contributed by atoms with Crippen LogP contribution in [0.2, 0.25) is 0 Å². The summed E-state index contributed by atoms with van der Waals surface area (Å²) < 4.78 is 0. The van der Waals surface area contributed by atoms with E-state index < -0.39 is 0 Å². The van der Waals surface area contributed by atoms with Crippen LogP contribution in [0.1, 0.15) is 37.2 Å². The molecule has 0 aliphatic rings. The third kappa shape index (κ3) is 2.36. The number of carbonyl (C=O) groups is 1. The van der Waals surface area contributed by atoms with Gasteiger partial charge in [-0.25, -0.2) is 4.98 Å². The minimum absolute atomic E-state index is 0.101. The average Bonchev–Trinajstić information content (AvgIpc) is 2.39. The van der Waals surface area contributed by atoms with Gasteiger partial charge in [0.2, 0.25) is 0 Å². The number of Topliss-reactive ketones (excluding diaryl/α,β-unsaturated/α-hetero) is 1. The molecule has 0 amide bonds. The number of rotatable bonds is 4. The first kappa shape index (κ1) is 11.8. The van der Waals surface area contributed by atoms with Crippen molar-refractivity contribution < 1.29 is 4.79 Å².